The van der Waals surface area contributed by atoms with Gasteiger partial charge in [0.25, 0.3) is 5.91 Å². The highest BCUT2D eigenvalue weighted by molar-refractivity contribution is 7.09. The van der Waals surface area contributed by atoms with Crippen LogP contribution in [-0.4, -0.2) is 10.9 Å². The third-order valence-electron chi connectivity index (χ3n) is 4.14. The van der Waals surface area contributed by atoms with Gasteiger partial charge in [0, 0.05) is 17.1 Å². The molecule has 1 aromatic heterocycles. The molecule has 4 N–H and O–H groups in total. The molecule has 0 spiro atoms. The van der Waals surface area contributed by atoms with Gasteiger partial charge in [-0.15, -0.1) is 11.3 Å². The summed E-state index contributed by atoms with van der Waals surface area (Å²) in [7, 11) is 0. The number of carbonyl (C=O) groups excluding carboxylic acids is 1. The zero-order chi connectivity index (χ0) is 18.4. The van der Waals surface area contributed by atoms with E-state index in [1.165, 1.54) is 0 Å². The minimum Gasteiger partial charge on any atom is -0.397 e. The van der Waals surface area contributed by atoms with Crippen molar-refractivity contribution in [1.82, 2.24) is 10.3 Å². The van der Waals surface area contributed by atoms with Crippen molar-refractivity contribution in [2.75, 3.05) is 11.1 Å². The Hall–Kier alpha value is -2.86. The summed E-state index contributed by atoms with van der Waals surface area (Å²) in [5.41, 5.74) is 9.10. The van der Waals surface area contributed by atoms with Gasteiger partial charge in [0.2, 0.25) is 0 Å². The third kappa shape index (κ3) is 4.40. The van der Waals surface area contributed by atoms with Gasteiger partial charge in [0.05, 0.1) is 24.0 Å². The lowest BCUT2D eigenvalue weighted by Gasteiger charge is -2.18. The van der Waals surface area contributed by atoms with Crippen LogP contribution in [0, 0.1) is 0 Å². The Morgan fingerprint density at radius 1 is 1.23 bits per heavy atom. The lowest BCUT2D eigenvalue weighted by molar-refractivity contribution is 0.0935. The van der Waals surface area contributed by atoms with Crippen LogP contribution in [0.3, 0.4) is 0 Å². The number of thiazole rings is 1. The molecule has 3 aromatic rings. The van der Waals surface area contributed by atoms with Gasteiger partial charge >= 0.3 is 0 Å². The van der Waals surface area contributed by atoms with Crippen molar-refractivity contribution in [1.29, 1.82) is 0 Å². The van der Waals surface area contributed by atoms with Gasteiger partial charge in [-0.1, -0.05) is 37.3 Å². The topological polar surface area (TPSA) is 80.0 Å². The van der Waals surface area contributed by atoms with E-state index in [0.717, 1.165) is 22.7 Å². The van der Waals surface area contributed by atoms with Crippen LogP contribution in [0.2, 0.25) is 0 Å². The molecule has 0 saturated heterocycles. The standard InChI is InChI=1S/C20H22N4OS/c1-2-17(14-6-4-3-5-7-14)24-20(25)15-8-9-18(16(21)12-15)23-13-19-22-10-11-26-19/h3-12,17,23H,2,13,21H2,1H3,(H,24,25)/t17-/m1/s1. The second kappa shape index (κ2) is 8.49. The Morgan fingerprint density at radius 2 is 2.04 bits per heavy atom. The maximum absolute atomic E-state index is 12.6. The van der Waals surface area contributed by atoms with Crippen LogP contribution < -0.4 is 16.4 Å². The van der Waals surface area contributed by atoms with E-state index < -0.39 is 0 Å². The number of amides is 1. The number of anilines is 2. The SMILES string of the molecule is CC[C@@H](NC(=O)c1ccc(NCc2nccs2)c(N)c1)c1ccccc1. The molecule has 2 aromatic carbocycles. The van der Waals surface area contributed by atoms with Crippen molar-refractivity contribution in [3.8, 4) is 0 Å². The highest BCUT2D eigenvalue weighted by atomic mass is 32.1. The molecule has 0 radical (unpaired) electrons. The summed E-state index contributed by atoms with van der Waals surface area (Å²) in [4.78, 5) is 16.8. The summed E-state index contributed by atoms with van der Waals surface area (Å²) in [5.74, 6) is -0.126. The van der Waals surface area contributed by atoms with Gasteiger partial charge < -0.3 is 16.4 Å². The summed E-state index contributed by atoms with van der Waals surface area (Å²) in [6.45, 7) is 2.66. The van der Waals surface area contributed by atoms with E-state index in [4.69, 9.17) is 5.73 Å². The van der Waals surface area contributed by atoms with Crippen molar-refractivity contribution >= 4 is 28.6 Å². The average Bonchev–Trinajstić information content (AvgIpc) is 3.19. The van der Waals surface area contributed by atoms with Crippen LogP contribution in [0.25, 0.3) is 0 Å². The molecule has 3 rings (SSSR count). The smallest absolute Gasteiger partial charge is 0.251 e. The highest BCUT2D eigenvalue weighted by Crippen LogP contribution is 2.22. The molecular weight excluding hydrogens is 344 g/mol. The third-order valence-corrected chi connectivity index (χ3v) is 4.92. The number of hydrogen-bond acceptors (Lipinski definition) is 5. The first kappa shape index (κ1) is 17.9. The quantitative estimate of drug-likeness (QED) is 0.547. The van der Waals surface area contributed by atoms with Gasteiger partial charge in [-0.2, -0.15) is 0 Å². The highest BCUT2D eigenvalue weighted by Gasteiger charge is 2.15. The summed E-state index contributed by atoms with van der Waals surface area (Å²) in [5, 5.41) is 9.25. The molecule has 1 atom stereocenters. The predicted molar refractivity (Wildman–Crippen MR) is 107 cm³/mol. The van der Waals surface area contributed by atoms with E-state index in [9.17, 15) is 4.79 Å². The summed E-state index contributed by atoms with van der Waals surface area (Å²) < 4.78 is 0. The Labute approximate surface area is 157 Å². The summed E-state index contributed by atoms with van der Waals surface area (Å²) >= 11 is 1.58. The van der Waals surface area contributed by atoms with Crippen LogP contribution in [0.1, 0.15) is 40.3 Å². The zero-order valence-corrected chi connectivity index (χ0v) is 15.4. The molecule has 0 saturated carbocycles. The molecular formula is C20H22N4OS. The van der Waals surface area contributed by atoms with Crippen molar-refractivity contribution in [3.63, 3.8) is 0 Å². The first-order chi connectivity index (χ1) is 12.7. The van der Waals surface area contributed by atoms with Crippen molar-refractivity contribution in [3.05, 3.63) is 76.2 Å². The zero-order valence-electron chi connectivity index (χ0n) is 14.6. The van der Waals surface area contributed by atoms with E-state index in [0.29, 0.717) is 17.8 Å². The number of carbonyl (C=O) groups is 1. The largest absolute Gasteiger partial charge is 0.397 e. The number of aromatic nitrogens is 1. The molecule has 26 heavy (non-hydrogen) atoms. The molecule has 0 aliphatic carbocycles. The van der Waals surface area contributed by atoms with E-state index in [-0.39, 0.29) is 11.9 Å². The minimum absolute atomic E-state index is 0.0207. The predicted octanol–water partition coefficient (Wildman–Crippen LogP) is 4.22. The molecule has 0 bridgehead atoms. The van der Waals surface area contributed by atoms with Gasteiger partial charge in [-0.3, -0.25) is 4.79 Å². The van der Waals surface area contributed by atoms with Gasteiger partial charge in [0.15, 0.2) is 0 Å². The number of nitrogens with two attached hydrogens (primary N) is 1. The van der Waals surface area contributed by atoms with Gasteiger partial charge in [-0.05, 0) is 30.2 Å². The molecule has 1 heterocycles. The lowest BCUT2D eigenvalue weighted by Crippen LogP contribution is -2.28. The molecule has 0 aliphatic rings. The van der Waals surface area contributed by atoms with E-state index >= 15 is 0 Å². The van der Waals surface area contributed by atoms with Crippen LogP contribution in [0.15, 0.2) is 60.1 Å². The number of rotatable bonds is 7. The fraction of sp³-hybridized carbons (Fsp3) is 0.200. The summed E-state index contributed by atoms with van der Waals surface area (Å²) in [6.07, 6.45) is 2.59. The number of nitrogens with one attached hydrogen (secondary N) is 2. The molecule has 1 amide bonds. The molecule has 6 heteroatoms. The van der Waals surface area contributed by atoms with E-state index in [1.54, 1.807) is 29.7 Å². The van der Waals surface area contributed by atoms with E-state index in [2.05, 4.69) is 22.5 Å². The Kier molecular flexibility index (Phi) is 5.86. The van der Waals surface area contributed by atoms with Gasteiger partial charge in [-0.25, -0.2) is 4.98 Å². The molecule has 0 unspecified atom stereocenters. The van der Waals surface area contributed by atoms with Crippen molar-refractivity contribution < 1.29 is 4.79 Å². The number of nitrogen functional groups attached to an aromatic ring is 1. The Bertz CT molecular complexity index is 850. The second-order valence-electron chi connectivity index (χ2n) is 5.93. The fourth-order valence-electron chi connectivity index (χ4n) is 2.72. The average molecular weight is 366 g/mol. The normalized spacial score (nSPS) is 11.7. The maximum Gasteiger partial charge on any atom is 0.251 e. The minimum atomic E-state index is -0.126. The van der Waals surface area contributed by atoms with Gasteiger partial charge in [0.1, 0.15) is 5.01 Å². The van der Waals surface area contributed by atoms with Crippen molar-refractivity contribution in [2.24, 2.45) is 0 Å². The monoisotopic (exact) mass is 366 g/mol. The van der Waals surface area contributed by atoms with Crippen LogP contribution >= 0.6 is 11.3 Å². The number of benzene rings is 2. The maximum atomic E-state index is 12.6. The fourth-order valence-corrected chi connectivity index (χ4v) is 3.28. The molecule has 134 valence electrons. The lowest BCUT2D eigenvalue weighted by atomic mass is 10.0. The van der Waals surface area contributed by atoms with Crippen LogP contribution in [-0.2, 0) is 6.54 Å². The number of nitrogens with zero attached hydrogens (tertiary/aromatic N) is 1. The Balaban J connectivity index is 1.66. The van der Waals surface area contributed by atoms with Crippen LogP contribution in [0.5, 0.6) is 0 Å². The van der Waals surface area contributed by atoms with E-state index in [1.807, 2.05) is 41.8 Å². The second-order valence-corrected chi connectivity index (χ2v) is 6.91. The van der Waals surface area contributed by atoms with Crippen molar-refractivity contribution in [2.45, 2.75) is 25.9 Å². The summed E-state index contributed by atoms with van der Waals surface area (Å²) in [6, 6.07) is 15.3. The molecule has 0 aliphatic heterocycles. The molecule has 5 nitrogen and oxygen atoms in total. The molecule has 0 fully saturated rings. The first-order valence-corrected chi connectivity index (χ1v) is 9.43. The number of hydrogen-bond donors (Lipinski definition) is 3. The first-order valence-electron chi connectivity index (χ1n) is 8.55. The van der Waals surface area contributed by atoms with Crippen LogP contribution in [0.4, 0.5) is 11.4 Å². The Morgan fingerprint density at radius 3 is 2.69 bits per heavy atom.